The van der Waals surface area contributed by atoms with Gasteiger partial charge >= 0.3 is 0 Å². The van der Waals surface area contributed by atoms with Crippen LogP contribution in [0, 0.1) is 5.92 Å². The van der Waals surface area contributed by atoms with Gasteiger partial charge in [0.25, 0.3) is 0 Å². The fraction of sp³-hybridized carbons (Fsp3) is 0.500. The molecule has 1 aliphatic heterocycles. The number of hydrogen-bond donors (Lipinski definition) is 0. The molecule has 1 fully saturated rings. The van der Waals surface area contributed by atoms with E-state index in [0.29, 0.717) is 17.1 Å². The summed E-state index contributed by atoms with van der Waals surface area (Å²) in [6.45, 7) is 3.61. The standard InChI is InChI=1S/C14H18O3S/c1-10(14-7-8-18(16,17)9-14)12-3-5-13(6-4-12)11(2)15/h3-6,10,14H,7-9H2,1-2H3. The normalized spacial score (nSPS) is 23.8. The smallest absolute Gasteiger partial charge is 0.159 e. The minimum absolute atomic E-state index is 0.0534. The summed E-state index contributed by atoms with van der Waals surface area (Å²) in [6, 6.07) is 7.51. The summed E-state index contributed by atoms with van der Waals surface area (Å²) in [6.07, 6.45) is 0.748. The molecule has 1 aromatic rings. The third kappa shape index (κ3) is 2.80. The van der Waals surface area contributed by atoms with Gasteiger partial charge in [0, 0.05) is 5.56 Å². The molecule has 0 spiro atoms. The number of ketones is 1. The highest BCUT2D eigenvalue weighted by Gasteiger charge is 2.32. The summed E-state index contributed by atoms with van der Waals surface area (Å²) in [5.41, 5.74) is 1.81. The van der Waals surface area contributed by atoms with Crippen LogP contribution in [0.3, 0.4) is 0 Å². The number of carbonyl (C=O) groups is 1. The van der Waals surface area contributed by atoms with E-state index in [-0.39, 0.29) is 17.6 Å². The van der Waals surface area contributed by atoms with Crippen LogP contribution in [0.2, 0.25) is 0 Å². The van der Waals surface area contributed by atoms with Crippen LogP contribution in [0.5, 0.6) is 0 Å². The van der Waals surface area contributed by atoms with E-state index >= 15 is 0 Å². The largest absolute Gasteiger partial charge is 0.295 e. The van der Waals surface area contributed by atoms with Crippen LogP contribution in [0.25, 0.3) is 0 Å². The Morgan fingerprint density at radius 1 is 1.28 bits per heavy atom. The second-order valence-corrected chi connectivity index (χ2v) is 7.36. The SMILES string of the molecule is CC(=O)c1ccc(C(C)C2CCS(=O)(=O)C2)cc1. The Labute approximate surface area is 108 Å². The lowest BCUT2D eigenvalue weighted by Gasteiger charge is -2.18. The van der Waals surface area contributed by atoms with Gasteiger partial charge in [0.15, 0.2) is 15.6 Å². The molecule has 1 aromatic carbocycles. The molecule has 0 amide bonds. The fourth-order valence-electron chi connectivity index (χ4n) is 2.51. The Kier molecular flexibility index (Phi) is 3.57. The molecule has 1 saturated heterocycles. The molecule has 18 heavy (non-hydrogen) atoms. The first-order chi connectivity index (χ1) is 8.39. The van der Waals surface area contributed by atoms with Gasteiger partial charge in [-0.3, -0.25) is 4.79 Å². The number of Topliss-reactive ketones (excluding diaryl/α,β-unsaturated/α-hetero) is 1. The zero-order valence-corrected chi connectivity index (χ0v) is 11.5. The molecule has 3 nitrogen and oxygen atoms in total. The van der Waals surface area contributed by atoms with E-state index in [2.05, 4.69) is 6.92 Å². The Bertz CT molecular complexity index is 543. The average molecular weight is 266 g/mol. The quantitative estimate of drug-likeness (QED) is 0.789. The summed E-state index contributed by atoms with van der Waals surface area (Å²) in [5.74, 6) is 1.09. The predicted octanol–water partition coefficient (Wildman–Crippen LogP) is 2.43. The van der Waals surface area contributed by atoms with Gasteiger partial charge in [0.1, 0.15) is 0 Å². The molecule has 0 N–H and O–H groups in total. The van der Waals surface area contributed by atoms with Crippen LogP contribution < -0.4 is 0 Å². The van der Waals surface area contributed by atoms with Crippen molar-refractivity contribution in [2.75, 3.05) is 11.5 Å². The van der Waals surface area contributed by atoms with Crippen LogP contribution in [0.1, 0.15) is 42.1 Å². The summed E-state index contributed by atoms with van der Waals surface area (Å²) >= 11 is 0. The Hall–Kier alpha value is -1.16. The summed E-state index contributed by atoms with van der Waals surface area (Å²) in [4.78, 5) is 11.2. The fourth-order valence-corrected chi connectivity index (χ4v) is 4.45. The second-order valence-electron chi connectivity index (χ2n) is 5.13. The van der Waals surface area contributed by atoms with Gasteiger partial charge in [0.05, 0.1) is 11.5 Å². The number of sulfone groups is 1. The minimum atomic E-state index is -2.82. The number of benzene rings is 1. The maximum absolute atomic E-state index is 11.5. The molecular formula is C14H18O3S. The number of rotatable bonds is 3. The van der Waals surface area contributed by atoms with E-state index in [9.17, 15) is 13.2 Å². The van der Waals surface area contributed by atoms with Crippen molar-refractivity contribution in [3.05, 3.63) is 35.4 Å². The van der Waals surface area contributed by atoms with Crippen LogP contribution in [-0.4, -0.2) is 25.7 Å². The van der Waals surface area contributed by atoms with Crippen molar-refractivity contribution in [2.24, 2.45) is 5.92 Å². The molecule has 0 aromatic heterocycles. The van der Waals surface area contributed by atoms with Gasteiger partial charge in [0.2, 0.25) is 0 Å². The van der Waals surface area contributed by atoms with Gasteiger partial charge in [-0.15, -0.1) is 0 Å². The summed E-state index contributed by atoms with van der Waals surface area (Å²) < 4.78 is 23.0. The van der Waals surface area contributed by atoms with Crippen molar-refractivity contribution in [3.63, 3.8) is 0 Å². The van der Waals surface area contributed by atoms with Crippen LogP contribution in [-0.2, 0) is 9.84 Å². The summed E-state index contributed by atoms with van der Waals surface area (Å²) in [5, 5.41) is 0. The van der Waals surface area contributed by atoms with E-state index in [1.165, 1.54) is 0 Å². The predicted molar refractivity (Wildman–Crippen MR) is 71.6 cm³/mol. The van der Waals surface area contributed by atoms with Crippen LogP contribution in [0.4, 0.5) is 0 Å². The van der Waals surface area contributed by atoms with Crippen molar-refractivity contribution >= 4 is 15.6 Å². The van der Waals surface area contributed by atoms with Crippen LogP contribution in [0.15, 0.2) is 24.3 Å². The van der Waals surface area contributed by atoms with Crippen molar-refractivity contribution in [2.45, 2.75) is 26.2 Å². The Balaban J connectivity index is 2.14. The zero-order chi connectivity index (χ0) is 13.3. The van der Waals surface area contributed by atoms with Crippen LogP contribution >= 0.6 is 0 Å². The maximum atomic E-state index is 11.5. The van der Waals surface area contributed by atoms with Gasteiger partial charge in [-0.1, -0.05) is 31.2 Å². The first kappa shape index (κ1) is 13.3. The molecule has 4 heteroatoms. The maximum Gasteiger partial charge on any atom is 0.159 e. The number of carbonyl (C=O) groups excluding carboxylic acids is 1. The van der Waals surface area contributed by atoms with Gasteiger partial charge in [-0.2, -0.15) is 0 Å². The molecule has 0 aliphatic carbocycles. The topological polar surface area (TPSA) is 51.2 Å². The lowest BCUT2D eigenvalue weighted by atomic mass is 9.87. The molecule has 0 saturated carbocycles. The van der Waals surface area contributed by atoms with Crippen molar-refractivity contribution < 1.29 is 13.2 Å². The zero-order valence-electron chi connectivity index (χ0n) is 10.7. The highest BCUT2D eigenvalue weighted by Crippen LogP contribution is 2.32. The van der Waals surface area contributed by atoms with E-state index in [0.717, 1.165) is 12.0 Å². The first-order valence-electron chi connectivity index (χ1n) is 6.20. The third-order valence-electron chi connectivity index (χ3n) is 3.82. The highest BCUT2D eigenvalue weighted by molar-refractivity contribution is 7.91. The lowest BCUT2D eigenvalue weighted by molar-refractivity contribution is 0.101. The van der Waals surface area contributed by atoms with Crippen molar-refractivity contribution in [3.8, 4) is 0 Å². The van der Waals surface area contributed by atoms with E-state index in [1.54, 1.807) is 6.92 Å². The Morgan fingerprint density at radius 3 is 2.33 bits per heavy atom. The van der Waals surface area contributed by atoms with Gasteiger partial charge in [-0.05, 0) is 30.7 Å². The third-order valence-corrected chi connectivity index (χ3v) is 5.61. The molecule has 2 unspecified atom stereocenters. The van der Waals surface area contributed by atoms with Crippen molar-refractivity contribution in [1.82, 2.24) is 0 Å². The Morgan fingerprint density at radius 2 is 1.89 bits per heavy atom. The first-order valence-corrected chi connectivity index (χ1v) is 8.02. The molecule has 1 aliphatic rings. The monoisotopic (exact) mass is 266 g/mol. The van der Waals surface area contributed by atoms with E-state index < -0.39 is 9.84 Å². The van der Waals surface area contributed by atoms with E-state index in [4.69, 9.17) is 0 Å². The van der Waals surface area contributed by atoms with Crippen molar-refractivity contribution in [1.29, 1.82) is 0 Å². The second kappa shape index (κ2) is 4.84. The van der Waals surface area contributed by atoms with Gasteiger partial charge < -0.3 is 0 Å². The minimum Gasteiger partial charge on any atom is -0.295 e. The molecule has 2 atom stereocenters. The lowest BCUT2D eigenvalue weighted by Crippen LogP contribution is -2.12. The molecule has 1 heterocycles. The molecule has 0 radical (unpaired) electrons. The highest BCUT2D eigenvalue weighted by atomic mass is 32.2. The summed E-state index contributed by atoms with van der Waals surface area (Å²) in [7, 11) is -2.82. The van der Waals surface area contributed by atoms with E-state index in [1.807, 2.05) is 24.3 Å². The molecular weight excluding hydrogens is 248 g/mol. The molecule has 0 bridgehead atoms. The average Bonchev–Trinajstić information content (AvgIpc) is 2.69. The molecule has 2 rings (SSSR count). The molecule has 98 valence electrons. The number of hydrogen-bond acceptors (Lipinski definition) is 3. The van der Waals surface area contributed by atoms with Gasteiger partial charge in [-0.25, -0.2) is 8.42 Å².